The van der Waals surface area contributed by atoms with E-state index >= 15 is 0 Å². The lowest BCUT2D eigenvalue weighted by Gasteiger charge is -2.35. The maximum Gasteiger partial charge on any atom is 0.320 e. The zero-order chi connectivity index (χ0) is 26.2. The Balaban J connectivity index is 1.53. The summed E-state index contributed by atoms with van der Waals surface area (Å²) in [5.41, 5.74) is 2.58. The summed E-state index contributed by atoms with van der Waals surface area (Å²) < 4.78 is 38.9. The highest BCUT2D eigenvalue weighted by Gasteiger charge is 2.40. The number of urea groups is 1. The van der Waals surface area contributed by atoms with Gasteiger partial charge in [0.05, 0.1) is 16.3 Å². The molecule has 0 spiro atoms. The van der Waals surface area contributed by atoms with Crippen molar-refractivity contribution in [2.75, 3.05) is 52.6 Å². The van der Waals surface area contributed by atoms with Crippen LogP contribution in [0.2, 0.25) is 10.0 Å². The third kappa shape index (κ3) is 5.97. The molecule has 7 nitrogen and oxygen atoms in total. The van der Waals surface area contributed by atoms with Gasteiger partial charge in [0.15, 0.2) is 0 Å². The van der Waals surface area contributed by atoms with Gasteiger partial charge in [0.1, 0.15) is 5.82 Å². The standard InChI is InChI=1S/C25H31Cl2FN4O3S/c1-17-12-18(4-7-23(17)28)14-29(2)24-16-31(15-20(24)19-5-6-21(26)22(27)13-19)25(33)30-8-10-32(11-9-30)36(3,34)35/h4-7,12-13,20,24H,8-11,14-16H2,1-3H3/t20-,24+/m1/s1. The molecule has 11 heteroatoms. The zero-order valence-corrected chi connectivity index (χ0v) is 23.0. The van der Waals surface area contributed by atoms with E-state index in [4.69, 9.17) is 23.2 Å². The number of nitrogens with zero attached hydrogens (tertiary/aromatic N) is 4. The molecule has 2 amide bonds. The largest absolute Gasteiger partial charge is 0.322 e. The number of carbonyl (C=O) groups is 1. The first-order chi connectivity index (χ1) is 16.9. The van der Waals surface area contributed by atoms with Gasteiger partial charge in [-0.05, 0) is 48.9 Å². The third-order valence-electron chi connectivity index (χ3n) is 7.13. The SMILES string of the molecule is Cc1cc(CN(C)[C@H]2CN(C(=O)N3CCN(S(C)(=O)=O)CC3)C[C@@H]2c2ccc(Cl)c(Cl)c2)ccc1F. The van der Waals surface area contributed by atoms with E-state index < -0.39 is 10.0 Å². The third-order valence-corrected chi connectivity index (χ3v) is 9.17. The molecule has 0 radical (unpaired) electrons. The molecule has 2 saturated heterocycles. The Morgan fingerprint density at radius 1 is 1.03 bits per heavy atom. The maximum atomic E-state index is 13.8. The summed E-state index contributed by atoms with van der Waals surface area (Å²) in [6.07, 6.45) is 1.19. The van der Waals surface area contributed by atoms with Gasteiger partial charge in [0.25, 0.3) is 0 Å². The number of likely N-dealkylation sites (tertiary alicyclic amines) is 1. The molecule has 0 aromatic heterocycles. The van der Waals surface area contributed by atoms with E-state index in [-0.39, 0.29) is 23.8 Å². The van der Waals surface area contributed by atoms with E-state index in [1.807, 2.05) is 30.1 Å². The number of amides is 2. The van der Waals surface area contributed by atoms with Crippen LogP contribution in [0.4, 0.5) is 9.18 Å². The Bertz CT molecular complexity index is 1240. The molecule has 196 valence electrons. The molecule has 2 aliphatic rings. The quantitative estimate of drug-likeness (QED) is 0.557. The molecule has 4 rings (SSSR count). The van der Waals surface area contributed by atoms with Crippen molar-refractivity contribution in [1.82, 2.24) is 19.0 Å². The topological polar surface area (TPSA) is 64.2 Å². The number of likely N-dealkylation sites (N-methyl/N-ethyl adjacent to an activating group) is 1. The minimum Gasteiger partial charge on any atom is -0.322 e. The second-order valence-corrected chi connectivity index (χ2v) is 12.5. The molecule has 0 unspecified atom stereocenters. The monoisotopic (exact) mass is 556 g/mol. The van der Waals surface area contributed by atoms with Gasteiger partial charge in [0, 0.05) is 57.8 Å². The van der Waals surface area contributed by atoms with Gasteiger partial charge in [0.2, 0.25) is 10.0 Å². The molecule has 36 heavy (non-hydrogen) atoms. The number of hydrogen-bond acceptors (Lipinski definition) is 4. The average Bonchev–Trinajstić information content (AvgIpc) is 3.28. The van der Waals surface area contributed by atoms with E-state index in [1.165, 1.54) is 16.6 Å². The van der Waals surface area contributed by atoms with Crippen LogP contribution in [-0.4, -0.2) is 92.1 Å². The van der Waals surface area contributed by atoms with Crippen LogP contribution in [0.1, 0.15) is 22.6 Å². The Hall–Kier alpha value is -1.91. The molecule has 2 aliphatic heterocycles. The van der Waals surface area contributed by atoms with Crippen LogP contribution in [0, 0.1) is 12.7 Å². The highest BCUT2D eigenvalue weighted by molar-refractivity contribution is 7.88. The highest BCUT2D eigenvalue weighted by Crippen LogP contribution is 2.35. The Labute approximate surface area is 222 Å². The molecule has 2 aromatic rings. The van der Waals surface area contributed by atoms with E-state index in [1.54, 1.807) is 24.0 Å². The summed E-state index contributed by atoms with van der Waals surface area (Å²) in [4.78, 5) is 19.2. The minimum absolute atomic E-state index is 0.00569. The van der Waals surface area contributed by atoms with Crippen LogP contribution in [0.25, 0.3) is 0 Å². The minimum atomic E-state index is -3.27. The lowest BCUT2D eigenvalue weighted by atomic mass is 9.93. The van der Waals surface area contributed by atoms with Crippen LogP contribution in [0.5, 0.6) is 0 Å². The number of sulfonamides is 1. The lowest BCUT2D eigenvalue weighted by Crippen LogP contribution is -2.53. The summed E-state index contributed by atoms with van der Waals surface area (Å²) in [6, 6.07) is 10.6. The van der Waals surface area contributed by atoms with Crippen molar-refractivity contribution in [3.05, 3.63) is 69.0 Å². The van der Waals surface area contributed by atoms with Crippen molar-refractivity contribution in [3.8, 4) is 0 Å². The zero-order valence-electron chi connectivity index (χ0n) is 20.6. The molecule has 0 N–H and O–H groups in total. The Kier molecular flexibility index (Phi) is 8.16. The molecule has 2 atom stereocenters. The number of benzene rings is 2. The summed E-state index contributed by atoms with van der Waals surface area (Å²) in [5, 5.41) is 0.938. The molecule has 2 aromatic carbocycles. The van der Waals surface area contributed by atoms with Gasteiger partial charge >= 0.3 is 6.03 Å². The predicted molar refractivity (Wildman–Crippen MR) is 141 cm³/mol. The number of halogens is 3. The van der Waals surface area contributed by atoms with Gasteiger partial charge in [-0.1, -0.05) is 41.4 Å². The first-order valence-corrected chi connectivity index (χ1v) is 14.4. The fourth-order valence-electron chi connectivity index (χ4n) is 5.08. The van der Waals surface area contributed by atoms with Gasteiger partial charge in [-0.15, -0.1) is 0 Å². The second-order valence-electron chi connectivity index (χ2n) is 9.68. The lowest BCUT2D eigenvalue weighted by molar-refractivity contribution is 0.138. The van der Waals surface area contributed by atoms with Crippen molar-refractivity contribution in [2.24, 2.45) is 0 Å². The van der Waals surface area contributed by atoms with Crippen LogP contribution >= 0.6 is 23.2 Å². The van der Waals surface area contributed by atoms with Crippen LogP contribution < -0.4 is 0 Å². The van der Waals surface area contributed by atoms with E-state index in [2.05, 4.69) is 4.90 Å². The van der Waals surface area contributed by atoms with E-state index in [9.17, 15) is 17.6 Å². The number of rotatable bonds is 5. The van der Waals surface area contributed by atoms with Gasteiger partial charge in [-0.3, -0.25) is 4.90 Å². The second kappa shape index (κ2) is 10.8. The summed E-state index contributed by atoms with van der Waals surface area (Å²) in [5.74, 6) is -0.240. The van der Waals surface area contributed by atoms with Crippen LogP contribution in [0.3, 0.4) is 0 Å². The van der Waals surface area contributed by atoms with Gasteiger partial charge < -0.3 is 9.80 Å². The Morgan fingerprint density at radius 2 is 1.72 bits per heavy atom. The van der Waals surface area contributed by atoms with Crippen molar-refractivity contribution in [1.29, 1.82) is 0 Å². The van der Waals surface area contributed by atoms with Crippen molar-refractivity contribution < 1.29 is 17.6 Å². The summed E-state index contributed by atoms with van der Waals surface area (Å²) >= 11 is 12.5. The Morgan fingerprint density at radius 3 is 2.33 bits per heavy atom. The molecular weight excluding hydrogens is 526 g/mol. The molecule has 2 fully saturated rings. The van der Waals surface area contributed by atoms with Gasteiger partial charge in [-0.25, -0.2) is 17.6 Å². The maximum absolute atomic E-state index is 13.8. The molecule has 0 bridgehead atoms. The summed E-state index contributed by atoms with van der Waals surface area (Å²) in [7, 11) is -1.27. The van der Waals surface area contributed by atoms with Crippen molar-refractivity contribution >= 4 is 39.3 Å². The highest BCUT2D eigenvalue weighted by atomic mass is 35.5. The van der Waals surface area contributed by atoms with E-state index in [0.717, 1.165) is 11.1 Å². The first-order valence-electron chi connectivity index (χ1n) is 11.8. The molecular formula is C25H31Cl2FN4O3S. The summed E-state index contributed by atoms with van der Waals surface area (Å²) in [6.45, 7) is 4.65. The van der Waals surface area contributed by atoms with Crippen LogP contribution in [-0.2, 0) is 16.6 Å². The van der Waals surface area contributed by atoms with Crippen LogP contribution in [0.15, 0.2) is 36.4 Å². The fourth-order valence-corrected chi connectivity index (χ4v) is 6.21. The number of carbonyl (C=O) groups excluding carboxylic acids is 1. The fraction of sp³-hybridized carbons (Fsp3) is 0.480. The van der Waals surface area contributed by atoms with Crippen molar-refractivity contribution in [3.63, 3.8) is 0 Å². The number of piperazine rings is 1. The molecule has 0 saturated carbocycles. The first kappa shape index (κ1) is 27.1. The van der Waals surface area contributed by atoms with Crippen molar-refractivity contribution in [2.45, 2.75) is 25.4 Å². The number of hydrogen-bond donors (Lipinski definition) is 0. The number of aryl methyl sites for hydroxylation is 1. The molecule has 0 aliphatic carbocycles. The smallest absolute Gasteiger partial charge is 0.320 e. The molecule has 2 heterocycles. The van der Waals surface area contributed by atoms with E-state index in [0.29, 0.717) is 61.4 Å². The average molecular weight is 558 g/mol. The normalized spacial score (nSPS) is 21.4. The predicted octanol–water partition coefficient (Wildman–Crippen LogP) is 4.04. The van der Waals surface area contributed by atoms with Gasteiger partial charge in [-0.2, -0.15) is 4.31 Å².